The van der Waals surface area contributed by atoms with Crippen LogP contribution in [0.4, 0.5) is 11.4 Å². The molecule has 1 aliphatic carbocycles. The number of carbonyl (C=O) groups excluding carboxylic acids is 2. The third-order valence-corrected chi connectivity index (χ3v) is 4.22. The van der Waals surface area contributed by atoms with E-state index in [9.17, 15) is 19.7 Å². The van der Waals surface area contributed by atoms with E-state index < -0.39 is 23.4 Å². The first-order valence-corrected chi connectivity index (χ1v) is 8.52. The van der Waals surface area contributed by atoms with E-state index in [1.165, 1.54) is 35.4 Å². The van der Waals surface area contributed by atoms with Gasteiger partial charge in [0.1, 0.15) is 0 Å². The zero-order valence-electron chi connectivity index (χ0n) is 14.5. The molecule has 0 unspecified atom stereocenters. The van der Waals surface area contributed by atoms with Crippen molar-refractivity contribution in [1.82, 2.24) is 0 Å². The smallest absolute Gasteiger partial charge is 0.331 e. The van der Waals surface area contributed by atoms with E-state index in [2.05, 4.69) is 5.32 Å². The van der Waals surface area contributed by atoms with E-state index in [4.69, 9.17) is 4.74 Å². The van der Waals surface area contributed by atoms with Crippen LogP contribution in [0.2, 0.25) is 0 Å². The lowest BCUT2D eigenvalue weighted by atomic mass is 10.1. The standard InChI is InChI=1S/C20H18N2O5/c23-19(21-17-9-8-15-4-2-5-16(15)12-17)13-27-20(24)10-7-14-3-1-6-18(11-14)22(25)26/h1,3,6-12H,2,4-5,13H2,(H,21,23)/b10-7+. The Morgan fingerprint density at radius 3 is 2.78 bits per heavy atom. The van der Waals surface area contributed by atoms with Crippen molar-refractivity contribution >= 4 is 29.3 Å². The second-order valence-electron chi connectivity index (χ2n) is 6.18. The summed E-state index contributed by atoms with van der Waals surface area (Å²) in [5, 5.41) is 13.4. The molecule has 0 saturated heterocycles. The van der Waals surface area contributed by atoms with Crippen LogP contribution in [0, 0.1) is 10.1 Å². The third kappa shape index (κ3) is 5.01. The van der Waals surface area contributed by atoms with Gasteiger partial charge in [-0.15, -0.1) is 0 Å². The molecule has 0 fully saturated rings. The number of ether oxygens (including phenoxy) is 1. The lowest BCUT2D eigenvalue weighted by Crippen LogP contribution is -2.20. The van der Waals surface area contributed by atoms with Gasteiger partial charge in [0.2, 0.25) is 0 Å². The Bertz CT molecular complexity index is 920. The predicted octanol–water partition coefficient (Wildman–Crippen LogP) is 3.28. The fourth-order valence-electron chi connectivity index (χ4n) is 2.94. The number of anilines is 1. The van der Waals surface area contributed by atoms with Crippen LogP contribution in [-0.4, -0.2) is 23.4 Å². The first kappa shape index (κ1) is 18.3. The van der Waals surface area contributed by atoms with Crippen molar-refractivity contribution in [2.75, 3.05) is 11.9 Å². The van der Waals surface area contributed by atoms with Gasteiger partial charge in [-0.2, -0.15) is 0 Å². The van der Waals surface area contributed by atoms with Gasteiger partial charge in [-0.3, -0.25) is 14.9 Å². The van der Waals surface area contributed by atoms with Crippen molar-refractivity contribution in [3.05, 3.63) is 75.3 Å². The number of nitro benzene ring substituents is 1. The Hall–Kier alpha value is -3.48. The number of hydrogen-bond acceptors (Lipinski definition) is 5. The van der Waals surface area contributed by atoms with Crippen LogP contribution in [0.15, 0.2) is 48.5 Å². The number of esters is 1. The number of aryl methyl sites for hydroxylation is 2. The highest BCUT2D eigenvalue weighted by molar-refractivity contribution is 5.94. The van der Waals surface area contributed by atoms with Crippen LogP contribution in [-0.2, 0) is 27.2 Å². The minimum absolute atomic E-state index is 0.0701. The zero-order chi connectivity index (χ0) is 19.2. The summed E-state index contributed by atoms with van der Waals surface area (Å²) >= 11 is 0. The van der Waals surface area contributed by atoms with Gasteiger partial charge in [0, 0.05) is 23.9 Å². The Morgan fingerprint density at radius 2 is 1.96 bits per heavy atom. The SMILES string of the molecule is O=C(COC(=O)/C=C/c1cccc([N+](=O)[O-])c1)Nc1ccc2c(c1)CCC2. The monoisotopic (exact) mass is 366 g/mol. The summed E-state index contributed by atoms with van der Waals surface area (Å²) < 4.78 is 4.90. The van der Waals surface area contributed by atoms with E-state index in [1.54, 1.807) is 6.07 Å². The second kappa shape index (κ2) is 8.27. The molecule has 0 heterocycles. The quantitative estimate of drug-likeness (QED) is 0.366. The zero-order valence-corrected chi connectivity index (χ0v) is 14.5. The van der Waals surface area contributed by atoms with Gasteiger partial charge in [-0.1, -0.05) is 18.2 Å². The Balaban J connectivity index is 1.49. The molecular weight excluding hydrogens is 348 g/mol. The number of carbonyl (C=O) groups is 2. The van der Waals surface area contributed by atoms with E-state index in [1.807, 2.05) is 18.2 Å². The normalized spacial score (nSPS) is 12.6. The first-order chi connectivity index (χ1) is 13.0. The maximum absolute atomic E-state index is 11.9. The molecule has 0 radical (unpaired) electrons. The molecule has 0 bridgehead atoms. The minimum Gasteiger partial charge on any atom is -0.452 e. The largest absolute Gasteiger partial charge is 0.452 e. The second-order valence-corrected chi connectivity index (χ2v) is 6.18. The predicted molar refractivity (Wildman–Crippen MR) is 100 cm³/mol. The van der Waals surface area contributed by atoms with Crippen LogP contribution in [0.3, 0.4) is 0 Å². The average molecular weight is 366 g/mol. The molecule has 27 heavy (non-hydrogen) atoms. The first-order valence-electron chi connectivity index (χ1n) is 8.52. The van der Waals surface area contributed by atoms with Crippen molar-refractivity contribution in [2.24, 2.45) is 0 Å². The molecule has 1 aliphatic rings. The summed E-state index contributed by atoms with van der Waals surface area (Å²) in [5.41, 5.74) is 3.65. The van der Waals surface area contributed by atoms with Gasteiger partial charge in [0.25, 0.3) is 11.6 Å². The molecule has 0 aromatic heterocycles. The van der Waals surface area contributed by atoms with E-state index in [-0.39, 0.29) is 5.69 Å². The molecule has 2 aromatic rings. The van der Waals surface area contributed by atoms with Crippen molar-refractivity contribution in [3.63, 3.8) is 0 Å². The topological polar surface area (TPSA) is 98.5 Å². The van der Waals surface area contributed by atoms with Crippen molar-refractivity contribution in [1.29, 1.82) is 0 Å². The third-order valence-electron chi connectivity index (χ3n) is 4.22. The molecule has 7 nitrogen and oxygen atoms in total. The maximum Gasteiger partial charge on any atom is 0.331 e. The summed E-state index contributed by atoms with van der Waals surface area (Å²) in [7, 11) is 0. The van der Waals surface area contributed by atoms with Gasteiger partial charge in [0.05, 0.1) is 4.92 Å². The Kier molecular flexibility index (Phi) is 5.61. The summed E-state index contributed by atoms with van der Waals surface area (Å²) in [6.45, 7) is -0.408. The van der Waals surface area contributed by atoms with Gasteiger partial charge in [0.15, 0.2) is 6.61 Å². The number of nitrogens with one attached hydrogen (secondary N) is 1. The number of fused-ring (bicyclic) bond motifs is 1. The number of rotatable bonds is 6. The highest BCUT2D eigenvalue weighted by Gasteiger charge is 2.12. The fourth-order valence-corrected chi connectivity index (χ4v) is 2.94. The molecule has 138 valence electrons. The number of benzene rings is 2. The molecule has 0 spiro atoms. The van der Waals surface area contributed by atoms with Crippen molar-refractivity contribution < 1.29 is 19.2 Å². The van der Waals surface area contributed by atoms with Crippen LogP contribution >= 0.6 is 0 Å². The summed E-state index contributed by atoms with van der Waals surface area (Å²) in [4.78, 5) is 33.9. The minimum atomic E-state index is -0.703. The van der Waals surface area contributed by atoms with Crippen LogP contribution in [0.25, 0.3) is 6.08 Å². The van der Waals surface area contributed by atoms with E-state index >= 15 is 0 Å². The van der Waals surface area contributed by atoms with E-state index in [0.717, 1.165) is 25.3 Å². The molecule has 7 heteroatoms. The lowest BCUT2D eigenvalue weighted by molar-refractivity contribution is -0.384. The van der Waals surface area contributed by atoms with Gasteiger partial charge in [-0.25, -0.2) is 4.79 Å². The van der Waals surface area contributed by atoms with Gasteiger partial charge >= 0.3 is 5.97 Å². The highest BCUT2D eigenvalue weighted by atomic mass is 16.6. The molecule has 0 aliphatic heterocycles. The fraction of sp³-hybridized carbons (Fsp3) is 0.200. The number of amides is 1. The van der Waals surface area contributed by atoms with Crippen LogP contribution in [0.1, 0.15) is 23.1 Å². The number of nitrogens with zero attached hydrogens (tertiary/aromatic N) is 1. The number of nitro groups is 1. The lowest BCUT2D eigenvalue weighted by Gasteiger charge is -2.07. The summed E-state index contributed by atoms with van der Waals surface area (Å²) in [5.74, 6) is -1.13. The highest BCUT2D eigenvalue weighted by Crippen LogP contribution is 2.24. The molecule has 1 amide bonds. The maximum atomic E-state index is 11.9. The molecule has 0 atom stereocenters. The van der Waals surface area contributed by atoms with E-state index in [0.29, 0.717) is 11.3 Å². The summed E-state index contributed by atoms with van der Waals surface area (Å²) in [6.07, 6.45) is 5.73. The molecule has 2 aromatic carbocycles. The Labute approximate surface area is 155 Å². The molecule has 3 rings (SSSR count). The Morgan fingerprint density at radius 1 is 1.15 bits per heavy atom. The van der Waals surface area contributed by atoms with Crippen LogP contribution < -0.4 is 5.32 Å². The molecule has 0 saturated carbocycles. The number of hydrogen-bond donors (Lipinski definition) is 1. The van der Waals surface area contributed by atoms with Crippen LogP contribution in [0.5, 0.6) is 0 Å². The van der Waals surface area contributed by atoms with Gasteiger partial charge in [-0.05, 0) is 54.2 Å². The summed E-state index contributed by atoms with van der Waals surface area (Å²) in [6, 6.07) is 11.6. The molecular formula is C20H18N2O5. The average Bonchev–Trinajstić information content (AvgIpc) is 3.12. The number of non-ortho nitro benzene ring substituents is 1. The van der Waals surface area contributed by atoms with Crippen molar-refractivity contribution in [3.8, 4) is 0 Å². The molecule has 1 N–H and O–H groups in total. The van der Waals surface area contributed by atoms with Gasteiger partial charge < -0.3 is 10.1 Å². The van der Waals surface area contributed by atoms with Crippen molar-refractivity contribution in [2.45, 2.75) is 19.3 Å².